The molecular formula is C23H33N5O2. The summed E-state index contributed by atoms with van der Waals surface area (Å²) in [7, 11) is 2.16. The van der Waals surface area contributed by atoms with E-state index in [1.807, 2.05) is 30.3 Å². The number of carbonyl (C=O) groups excluding carboxylic acids is 1. The van der Waals surface area contributed by atoms with Crippen LogP contribution < -0.4 is 11.1 Å². The van der Waals surface area contributed by atoms with E-state index in [1.165, 1.54) is 0 Å². The van der Waals surface area contributed by atoms with Gasteiger partial charge in [0.25, 0.3) is 0 Å². The summed E-state index contributed by atoms with van der Waals surface area (Å²) in [4.78, 5) is 24.1. The predicted octanol–water partition coefficient (Wildman–Crippen LogP) is 3.97. The largest absolute Gasteiger partial charge is 0.462 e. The van der Waals surface area contributed by atoms with Gasteiger partial charge in [0.05, 0.1) is 12.3 Å². The molecule has 3 rings (SSSR count). The van der Waals surface area contributed by atoms with Crippen LogP contribution in [0.25, 0.3) is 11.3 Å². The minimum Gasteiger partial charge on any atom is -0.462 e. The predicted molar refractivity (Wildman–Crippen MR) is 120 cm³/mol. The number of hydrogen-bond acceptors (Lipinski definition) is 7. The Balaban J connectivity index is 2.06. The molecule has 2 aromatic rings. The molecule has 0 amide bonds. The lowest BCUT2D eigenvalue weighted by atomic mass is 9.77. The van der Waals surface area contributed by atoms with Crippen molar-refractivity contribution < 1.29 is 9.53 Å². The third-order valence-electron chi connectivity index (χ3n) is 6.10. The van der Waals surface area contributed by atoms with Gasteiger partial charge in [0.1, 0.15) is 11.4 Å². The normalized spacial score (nSPS) is 18.7. The van der Waals surface area contributed by atoms with Crippen molar-refractivity contribution in [1.29, 1.82) is 0 Å². The Kier molecular flexibility index (Phi) is 6.04. The molecule has 1 aromatic carbocycles. The fourth-order valence-corrected chi connectivity index (χ4v) is 4.45. The number of aromatic nitrogens is 2. The van der Waals surface area contributed by atoms with Crippen LogP contribution in [0, 0.1) is 0 Å². The van der Waals surface area contributed by atoms with Crippen molar-refractivity contribution in [3.63, 3.8) is 0 Å². The number of hydrogen-bond donors (Lipinski definition) is 2. The number of esters is 1. The molecule has 1 aromatic heterocycles. The van der Waals surface area contributed by atoms with Crippen LogP contribution in [0.2, 0.25) is 0 Å². The average Bonchev–Trinajstić information content (AvgIpc) is 2.66. The molecule has 1 saturated heterocycles. The Morgan fingerprint density at radius 3 is 2.33 bits per heavy atom. The lowest BCUT2D eigenvalue weighted by Crippen LogP contribution is -2.61. The van der Waals surface area contributed by atoms with E-state index in [0.29, 0.717) is 17.1 Å². The second-order valence-electron chi connectivity index (χ2n) is 9.17. The number of nitrogens with zero attached hydrogens (tertiary/aromatic N) is 3. The first-order chi connectivity index (χ1) is 14.0. The molecule has 0 spiro atoms. The van der Waals surface area contributed by atoms with E-state index in [4.69, 9.17) is 10.5 Å². The van der Waals surface area contributed by atoms with E-state index >= 15 is 0 Å². The number of rotatable bonds is 5. The van der Waals surface area contributed by atoms with Gasteiger partial charge >= 0.3 is 5.97 Å². The zero-order valence-corrected chi connectivity index (χ0v) is 18.8. The van der Waals surface area contributed by atoms with E-state index in [1.54, 1.807) is 6.92 Å². The SMILES string of the molecule is CCOC(=O)c1c(NC2CC(C)(C)N(C)C(C)(C)C2)nc(N)nc1-c1ccccc1. The molecule has 0 bridgehead atoms. The van der Waals surface area contributed by atoms with Gasteiger partial charge in [-0.1, -0.05) is 30.3 Å². The first-order valence-electron chi connectivity index (χ1n) is 10.5. The molecule has 2 heterocycles. The maximum atomic E-state index is 12.9. The maximum absolute atomic E-state index is 12.9. The van der Waals surface area contributed by atoms with E-state index in [2.05, 4.69) is 54.9 Å². The van der Waals surface area contributed by atoms with Gasteiger partial charge in [-0.25, -0.2) is 9.78 Å². The molecule has 1 fully saturated rings. The summed E-state index contributed by atoms with van der Waals surface area (Å²) in [6.45, 7) is 11.0. The Hall–Kier alpha value is -2.67. The molecule has 3 N–H and O–H groups in total. The van der Waals surface area contributed by atoms with Gasteiger partial charge in [-0.3, -0.25) is 4.90 Å². The quantitative estimate of drug-likeness (QED) is 0.719. The van der Waals surface area contributed by atoms with Gasteiger partial charge < -0.3 is 15.8 Å². The first kappa shape index (κ1) is 22.0. The highest BCUT2D eigenvalue weighted by molar-refractivity contribution is 6.01. The van der Waals surface area contributed by atoms with Crippen molar-refractivity contribution in [2.75, 3.05) is 24.7 Å². The van der Waals surface area contributed by atoms with Crippen LogP contribution in [-0.2, 0) is 4.74 Å². The maximum Gasteiger partial charge on any atom is 0.344 e. The van der Waals surface area contributed by atoms with Crippen LogP contribution in [0.3, 0.4) is 0 Å². The lowest BCUT2D eigenvalue weighted by Gasteiger charge is -2.53. The smallest absolute Gasteiger partial charge is 0.344 e. The molecule has 0 aliphatic carbocycles. The Bertz CT molecular complexity index is 893. The molecule has 0 atom stereocenters. The molecule has 0 saturated carbocycles. The van der Waals surface area contributed by atoms with Crippen molar-refractivity contribution in [2.24, 2.45) is 0 Å². The summed E-state index contributed by atoms with van der Waals surface area (Å²) in [6, 6.07) is 9.64. The summed E-state index contributed by atoms with van der Waals surface area (Å²) < 4.78 is 5.35. The van der Waals surface area contributed by atoms with E-state index in [9.17, 15) is 4.79 Å². The Morgan fingerprint density at radius 2 is 1.77 bits per heavy atom. The monoisotopic (exact) mass is 411 g/mol. The number of nitrogens with two attached hydrogens (primary N) is 1. The van der Waals surface area contributed by atoms with E-state index in [0.717, 1.165) is 18.4 Å². The second-order valence-corrected chi connectivity index (χ2v) is 9.17. The molecule has 1 aliphatic heterocycles. The molecular weight excluding hydrogens is 378 g/mol. The number of ether oxygens (including phenoxy) is 1. The van der Waals surface area contributed by atoms with Crippen LogP contribution in [0.1, 0.15) is 57.8 Å². The van der Waals surface area contributed by atoms with Crippen LogP contribution >= 0.6 is 0 Å². The number of benzene rings is 1. The highest BCUT2D eigenvalue weighted by atomic mass is 16.5. The first-order valence-corrected chi connectivity index (χ1v) is 10.5. The number of anilines is 2. The number of carbonyl (C=O) groups is 1. The van der Waals surface area contributed by atoms with Gasteiger partial charge in [0.2, 0.25) is 5.95 Å². The van der Waals surface area contributed by atoms with Crippen molar-refractivity contribution in [3.05, 3.63) is 35.9 Å². The fourth-order valence-electron chi connectivity index (χ4n) is 4.45. The third-order valence-corrected chi connectivity index (χ3v) is 6.10. The van der Waals surface area contributed by atoms with Gasteiger partial charge in [-0.05, 0) is 54.5 Å². The number of piperidine rings is 1. The van der Waals surface area contributed by atoms with Gasteiger partial charge in [-0.2, -0.15) is 4.98 Å². The van der Waals surface area contributed by atoms with Crippen LogP contribution in [-0.4, -0.2) is 51.6 Å². The minimum absolute atomic E-state index is 0.00958. The molecule has 0 radical (unpaired) electrons. The molecule has 7 nitrogen and oxygen atoms in total. The standard InChI is InChI=1S/C23H33N5O2/c1-7-30-20(29)17-18(15-11-9-8-10-12-15)26-21(24)27-19(17)25-16-13-22(2,3)28(6)23(4,5)14-16/h8-12,16H,7,13-14H2,1-6H3,(H3,24,25,26,27). The Morgan fingerprint density at radius 1 is 1.17 bits per heavy atom. The summed E-state index contributed by atoms with van der Waals surface area (Å²) in [6.07, 6.45) is 1.81. The van der Waals surface area contributed by atoms with Crippen LogP contribution in [0.5, 0.6) is 0 Å². The molecule has 30 heavy (non-hydrogen) atoms. The van der Waals surface area contributed by atoms with Crippen molar-refractivity contribution in [2.45, 2.75) is 64.6 Å². The van der Waals surface area contributed by atoms with E-state index < -0.39 is 5.97 Å². The number of nitrogen functional groups attached to an aromatic ring is 1. The number of nitrogens with one attached hydrogen (secondary N) is 1. The van der Waals surface area contributed by atoms with Crippen molar-refractivity contribution in [1.82, 2.24) is 14.9 Å². The molecule has 7 heteroatoms. The minimum atomic E-state index is -0.453. The van der Waals surface area contributed by atoms with E-state index in [-0.39, 0.29) is 29.7 Å². The molecule has 1 aliphatic rings. The summed E-state index contributed by atoms with van der Waals surface area (Å²) in [5.41, 5.74) is 7.63. The zero-order valence-electron chi connectivity index (χ0n) is 18.8. The molecule has 0 unspecified atom stereocenters. The van der Waals surface area contributed by atoms with Gasteiger partial charge in [-0.15, -0.1) is 0 Å². The van der Waals surface area contributed by atoms with Crippen LogP contribution in [0.4, 0.5) is 11.8 Å². The summed E-state index contributed by atoms with van der Waals surface area (Å²) in [5, 5.41) is 3.51. The average molecular weight is 412 g/mol. The van der Waals surface area contributed by atoms with Crippen LogP contribution in [0.15, 0.2) is 30.3 Å². The summed E-state index contributed by atoms with van der Waals surface area (Å²) in [5.74, 6) is 0.0992. The highest BCUT2D eigenvalue weighted by Crippen LogP contribution is 2.39. The number of likely N-dealkylation sites (tertiary alicyclic amines) is 1. The zero-order chi connectivity index (χ0) is 22.1. The summed E-state index contributed by atoms with van der Waals surface area (Å²) >= 11 is 0. The van der Waals surface area contributed by atoms with Gasteiger partial charge in [0, 0.05) is 22.7 Å². The lowest BCUT2D eigenvalue weighted by molar-refractivity contribution is -0.00773. The second kappa shape index (κ2) is 8.22. The van der Waals surface area contributed by atoms with Crippen molar-refractivity contribution >= 4 is 17.7 Å². The Labute approximate surface area is 179 Å². The molecule has 162 valence electrons. The van der Waals surface area contributed by atoms with Gasteiger partial charge in [0.15, 0.2) is 0 Å². The van der Waals surface area contributed by atoms with Crippen molar-refractivity contribution in [3.8, 4) is 11.3 Å². The highest BCUT2D eigenvalue weighted by Gasteiger charge is 2.43. The fraction of sp³-hybridized carbons (Fsp3) is 0.522. The third kappa shape index (κ3) is 4.41. The topological polar surface area (TPSA) is 93.4 Å².